The van der Waals surface area contributed by atoms with Crippen molar-refractivity contribution >= 4 is 29.7 Å². The van der Waals surface area contributed by atoms with Gasteiger partial charge in [0.25, 0.3) is 5.91 Å². The Labute approximate surface area is 236 Å². The lowest BCUT2D eigenvalue weighted by atomic mass is 9.83. The first-order valence-electron chi connectivity index (χ1n) is 14.0. The summed E-state index contributed by atoms with van der Waals surface area (Å²) in [6.07, 6.45) is 3.58. The minimum absolute atomic E-state index is 0.0647. The van der Waals surface area contributed by atoms with Crippen LogP contribution >= 0.6 is 0 Å². The SMILES string of the molecule is CCC(C)[C@H](NC(=O)[C@@H](NC(=O)C(F)(F)C(=O)[C@H](CC1CCCCC1)NC(=O)OC(C)(C)C)C(C)C)C(=O)OC. The second kappa shape index (κ2) is 15.3. The first kappa shape index (κ1) is 35.2. The van der Waals surface area contributed by atoms with E-state index in [4.69, 9.17) is 9.47 Å². The van der Waals surface area contributed by atoms with Crippen molar-refractivity contribution in [2.24, 2.45) is 17.8 Å². The van der Waals surface area contributed by atoms with Crippen LogP contribution in [0.5, 0.6) is 0 Å². The first-order chi connectivity index (χ1) is 18.4. The van der Waals surface area contributed by atoms with E-state index in [0.717, 1.165) is 26.4 Å². The van der Waals surface area contributed by atoms with Crippen LogP contribution in [0, 0.1) is 17.8 Å². The fourth-order valence-electron chi connectivity index (χ4n) is 4.57. The van der Waals surface area contributed by atoms with Gasteiger partial charge in [-0.15, -0.1) is 0 Å². The molecule has 1 fully saturated rings. The third-order valence-corrected chi connectivity index (χ3v) is 7.10. The number of carbonyl (C=O) groups excluding carboxylic acids is 5. The number of Topliss-reactive ketones (excluding diaryl/α,β-unsaturated/α-hetero) is 1. The van der Waals surface area contributed by atoms with Gasteiger partial charge in [0, 0.05) is 0 Å². The predicted octanol–water partition coefficient (Wildman–Crippen LogP) is 3.90. The number of hydrogen-bond acceptors (Lipinski definition) is 7. The first-order valence-corrected chi connectivity index (χ1v) is 14.0. The summed E-state index contributed by atoms with van der Waals surface area (Å²) >= 11 is 0. The van der Waals surface area contributed by atoms with Crippen LogP contribution in [0.3, 0.4) is 0 Å². The lowest BCUT2D eigenvalue weighted by Gasteiger charge is -2.30. The molecule has 0 spiro atoms. The molecular formula is C28H47F2N3O7. The maximum Gasteiger partial charge on any atom is 0.408 e. The van der Waals surface area contributed by atoms with Gasteiger partial charge < -0.3 is 25.4 Å². The van der Waals surface area contributed by atoms with Gasteiger partial charge >= 0.3 is 18.0 Å². The van der Waals surface area contributed by atoms with Gasteiger partial charge in [-0.05, 0) is 44.9 Å². The fourth-order valence-corrected chi connectivity index (χ4v) is 4.57. The van der Waals surface area contributed by atoms with Gasteiger partial charge in [-0.2, -0.15) is 8.78 Å². The summed E-state index contributed by atoms with van der Waals surface area (Å²) in [5.74, 6) is -11.0. The number of alkyl halides is 2. The van der Waals surface area contributed by atoms with Crippen LogP contribution in [0.1, 0.15) is 93.4 Å². The molecule has 1 rings (SSSR count). The van der Waals surface area contributed by atoms with E-state index in [1.165, 1.54) is 13.8 Å². The molecule has 0 aliphatic heterocycles. The minimum atomic E-state index is -4.56. The molecule has 0 radical (unpaired) electrons. The number of alkyl carbamates (subject to hydrolysis) is 1. The number of nitrogens with one attached hydrogen (secondary N) is 3. The molecular weight excluding hydrogens is 528 g/mol. The third-order valence-electron chi connectivity index (χ3n) is 7.10. The van der Waals surface area contributed by atoms with E-state index in [1.807, 2.05) is 5.32 Å². The van der Waals surface area contributed by atoms with Crippen molar-refractivity contribution in [3.63, 3.8) is 0 Å². The van der Waals surface area contributed by atoms with Crippen molar-refractivity contribution in [1.29, 1.82) is 0 Å². The molecule has 40 heavy (non-hydrogen) atoms. The van der Waals surface area contributed by atoms with E-state index in [2.05, 4.69) is 10.6 Å². The number of methoxy groups -OCH3 is 1. The van der Waals surface area contributed by atoms with Crippen LogP contribution in [0.4, 0.5) is 13.6 Å². The van der Waals surface area contributed by atoms with Crippen molar-refractivity contribution in [3.8, 4) is 0 Å². The number of carbonyl (C=O) groups is 5. The van der Waals surface area contributed by atoms with Crippen molar-refractivity contribution in [2.45, 2.75) is 123 Å². The highest BCUT2D eigenvalue weighted by Crippen LogP contribution is 2.30. The summed E-state index contributed by atoms with van der Waals surface area (Å²) in [5.41, 5.74) is -0.933. The molecule has 3 amide bonds. The highest BCUT2D eigenvalue weighted by Gasteiger charge is 2.52. The number of hydrogen-bond donors (Lipinski definition) is 3. The molecule has 0 heterocycles. The molecule has 10 nitrogen and oxygen atoms in total. The van der Waals surface area contributed by atoms with Crippen LogP contribution in [0.25, 0.3) is 0 Å². The van der Waals surface area contributed by atoms with Gasteiger partial charge in [0.1, 0.15) is 17.7 Å². The lowest BCUT2D eigenvalue weighted by Crippen LogP contribution is -2.60. The summed E-state index contributed by atoms with van der Waals surface area (Å²) < 4.78 is 40.6. The molecule has 1 aliphatic rings. The smallest absolute Gasteiger partial charge is 0.408 e. The Morgan fingerprint density at radius 1 is 0.900 bits per heavy atom. The van der Waals surface area contributed by atoms with Gasteiger partial charge in [-0.1, -0.05) is 66.2 Å². The number of halogens is 2. The van der Waals surface area contributed by atoms with E-state index < -0.39 is 65.2 Å². The summed E-state index contributed by atoms with van der Waals surface area (Å²) in [6, 6.07) is -4.20. The van der Waals surface area contributed by atoms with Crippen molar-refractivity contribution in [2.75, 3.05) is 7.11 Å². The Morgan fingerprint density at radius 2 is 1.48 bits per heavy atom. The maximum atomic E-state index is 15.4. The third kappa shape index (κ3) is 10.6. The topological polar surface area (TPSA) is 140 Å². The van der Waals surface area contributed by atoms with Crippen molar-refractivity contribution < 1.29 is 42.2 Å². The zero-order valence-electron chi connectivity index (χ0n) is 25.0. The van der Waals surface area contributed by atoms with E-state index in [0.29, 0.717) is 19.3 Å². The van der Waals surface area contributed by atoms with Crippen molar-refractivity contribution in [3.05, 3.63) is 0 Å². The van der Waals surface area contributed by atoms with Crippen molar-refractivity contribution in [1.82, 2.24) is 16.0 Å². The number of rotatable bonds is 13. The zero-order chi connectivity index (χ0) is 30.8. The zero-order valence-corrected chi connectivity index (χ0v) is 25.0. The summed E-state index contributed by atoms with van der Waals surface area (Å²) in [6.45, 7) is 11.3. The van der Waals surface area contributed by atoms with Gasteiger partial charge in [0.15, 0.2) is 0 Å². The fraction of sp³-hybridized carbons (Fsp3) is 0.821. The van der Waals surface area contributed by atoms with Crippen LogP contribution in [0.15, 0.2) is 0 Å². The van der Waals surface area contributed by atoms with Crippen LogP contribution in [0.2, 0.25) is 0 Å². The molecule has 1 unspecified atom stereocenters. The maximum absolute atomic E-state index is 15.4. The van der Waals surface area contributed by atoms with Gasteiger partial charge in [-0.3, -0.25) is 14.4 Å². The summed E-state index contributed by atoms with van der Waals surface area (Å²) in [4.78, 5) is 63.5. The Bertz CT molecular complexity index is 899. The van der Waals surface area contributed by atoms with Gasteiger partial charge in [-0.25, -0.2) is 9.59 Å². The molecule has 230 valence electrons. The van der Waals surface area contributed by atoms with Gasteiger partial charge in [0.2, 0.25) is 11.7 Å². The monoisotopic (exact) mass is 575 g/mol. The highest BCUT2D eigenvalue weighted by molar-refractivity contribution is 6.11. The predicted molar refractivity (Wildman–Crippen MR) is 144 cm³/mol. The quantitative estimate of drug-likeness (QED) is 0.224. The Morgan fingerprint density at radius 3 is 1.95 bits per heavy atom. The van der Waals surface area contributed by atoms with Gasteiger partial charge in [0.05, 0.1) is 13.2 Å². The highest BCUT2D eigenvalue weighted by atomic mass is 19.3. The molecule has 3 N–H and O–H groups in total. The molecule has 0 aromatic rings. The number of esters is 1. The molecule has 0 saturated heterocycles. The number of ether oxygens (including phenoxy) is 2. The molecule has 1 aliphatic carbocycles. The number of ketones is 1. The number of amides is 3. The molecule has 0 aromatic carbocycles. The Kier molecular flexibility index (Phi) is 13.5. The van der Waals surface area contributed by atoms with E-state index in [1.54, 1.807) is 34.6 Å². The average molecular weight is 576 g/mol. The minimum Gasteiger partial charge on any atom is -0.467 e. The average Bonchev–Trinajstić information content (AvgIpc) is 2.87. The van der Waals surface area contributed by atoms with Crippen LogP contribution in [-0.2, 0) is 28.7 Å². The molecule has 0 bridgehead atoms. The van der Waals surface area contributed by atoms with E-state index in [9.17, 15) is 24.0 Å². The second-order valence-electron chi connectivity index (χ2n) is 12.0. The normalized spacial score (nSPS) is 17.7. The molecule has 0 aromatic heterocycles. The summed E-state index contributed by atoms with van der Waals surface area (Å²) in [5, 5.41) is 6.71. The van der Waals surface area contributed by atoms with E-state index >= 15 is 8.78 Å². The molecule has 12 heteroatoms. The largest absolute Gasteiger partial charge is 0.467 e. The Hall–Kier alpha value is -2.79. The molecule has 1 saturated carbocycles. The lowest BCUT2D eigenvalue weighted by molar-refractivity contribution is -0.161. The Balaban J connectivity index is 3.15. The van der Waals surface area contributed by atoms with Crippen LogP contribution in [-0.4, -0.2) is 66.4 Å². The van der Waals surface area contributed by atoms with E-state index in [-0.39, 0.29) is 18.3 Å². The van der Waals surface area contributed by atoms with Crippen LogP contribution < -0.4 is 16.0 Å². The molecule has 4 atom stereocenters. The standard InChI is InChI=1S/C28H47F2N3O7/c1-9-17(4)21(24(36)39-8)32-23(35)20(16(2)3)33-25(37)28(29,30)22(34)19(15-18-13-11-10-12-14-18)31-26(38)40-27(5,6)7/h16-21H,9-15H2,1-8H3,(H,31,38)(H,32,35)(H,33,37)/t17?,19-,20-,21-/m0/s1. The summed E-state index contributed by atoms with van der Waals surface area (Å²) in [7, 11) is 1.16. The second-order valence-corrected chi connectivity index (χ2v) is 12.0.